The van der Waals surface area contributed by atoms with E-state index in [1.807, 2.05) is 0 Å². The number of hydrogen-bond acceptors (Lipinski definition) is 22. The Kier molecular flexibility index (Phi) is 19.5. The molecule has 3 amide bonds. The van der Waals surface area contributed by atoms with Crippen LogP contribution in [0.1, 0.15) is 20.8 Å². The van der Waals surface area contributed by atoms with Gasteiger partial charge in [-0.05, 0) is 6.92 Å². The van der Waals surface area contributed by atoms with Gasteiger partial charge in [0.1, 0.15) is 85.4 Å². The number of carbonyl (C=O) groups excluding carboxylic acids is 4. The fourth-order valence-corrected chi connectivity index (χ4v) is 7.09. The van der Waals surface area contributed by atoms with Gasteiger partial charge in [0.05, 0.1) is 31.3 Å². The molecule has 0 aromatic rings. The summed E-state index contributed by atoms with van der Waals surface area (Å²) in [5, 5.41) is 106. The van der Waals surface area contributed by atoms with Crippen LogP contribution < -0.4 is 56.3 Å². The molecule has 13 N–H and O–H groups in total. The van der Waals surface area contributed by atoms with Gasteiger partial charge in [-0.25, -0.2) is 0 Å². The molecular weight excluding hydrogens is 799 g/mol. The van der Waals surface area contributed by atoms with E-state index in [1.165, 1.54) is 6.92 Å². The molecule has 20 unspecified atom stereocenters. The Morgan fingerprint density at radius 3 is 1.60 bits per heavy atom. The van der Waals surface area contributed by atoms with Crippen molar-refractivity contribution in [3.63, 3.8) is 0 Å². The number of aliphatic carboxylic acids is 1. The summed E-state index contributed by atoms with van der Waals surface area (Å²) in [4.78, 5) is 49.8. The zero-order valence-corrected chi connectivity index (χ0v) is 34.3. The number of carboxylic acids is 1. The average molecular weight is 853 g/mol. The summed E-state index contributed by atoms with van der Waals surface area (Å²) in [6, 6.07) is -2.87. The fraction of sp³-hybridized carbons (Fsp3) is 0.875. The normalized spacial score (nSPS) is 43.1. The summed E-state index contributed by atoms with van der Waals surface area (Å²) in [7, 11) is 1.13. The van der Waals surface area contributed by atoms with Crippen LogP contribution in [0.3, 0.4) is 0 Å². The number of aliphatic hydroxyl groups is 8. The predicted molar refractivity (Wildman–Crippen MR) is 178 cm³/mol. The molecule has 0 aromatic carbocycles. The second-order valence-electron chi connectivity index (χ2n) is 13.9. The SMILES string of the molecule is COC1C(C(=O)NCCN)OC(OC2C(O)C(CO)OC(OC3C(C(=O)[O-])OC(OC4C(O)C(CO)OC(C)C4NC(C)=O)C(O)C3O)C2NC(C)=O)C(O)C1O.[Na+]. The smallest absolute Gasteiger partial charge is 0.547 e. The first kappa shape index (κ1) is 50.6. The van der Waals surface area contributed by atoms with Crippen LogP contribution in [0.15, 0.2) is 0 Å². The summed E-state index contributed by atoms with van der Waals surface area (Å²) >= 11 is 0. The van der Waals surface area contributed by atoms with Crippen molar-refractivity contribution in [2.75, 3.05) is 33.4 Å². The zero-order valence-electron chi connectivity index (χ0n) is 32.3. The minimum absolute atomic E-state index is 0. The Hall–Kier alpha value is -1.80. The molecule has 0 spiro atoms. The maximum atomic E-state index is 12.9. The third-order valence-corrected chi connectivity index (χ3v) is 9.91. The Morgan fingerprint density at radius 2 is 1.12 bits per heavy atom. The Balaban J connectivity index is 0.00000900. The van der Waals surface area contributed by atoms with Crippen LogP contribution in [0.2, 0.25) is 0 Å². The van der Waals surface area contributed by atoms with E-state index < -0.39 is 159 Å². The summed E-state index contributed by atoms with van der Waals surface area (Å²) in [5.74, 6) is -4.28. The number of nitrogens with one attached hydrogen (secondary N) is 3. The standard InChI is InChI=1S/C32H54N4O21.Na/c1-9-14(35-10(2)39)22(16(41)12(7-37)51-9)53-32-21(46)19(44)25(27(57-32)29(48)49)55-30-15(36-11(3)40)23(17(42)13(8-38)52-30)54-31-20(45)18(43)24(50-4)26(56-31)28(47)34-6-5-33;/h9,12-27,30-32,37-38,41-46H,5-8,33H2,1-4H3,(H,34,47)(H,35,39)(H,36,40)(H,48,49);/q;+1/p-1. The summed E-state index contributed by atoms with van der Waals surface area (Å²) in [6.45, 7) is 2.00. The summed E-state index contributed by atoms with van der Waals surface area (Å²) < 4.78 is 45.0. The van der Waals surface area contributed by atoms with Gasteiger partial charge in [-0.1, -0.05) is 0 Å². The minimum Gasteiger partial charge on any atom is -0.547 e. The molecule has 328 valence electrons. The van der Waals surface area contributed by atoms with E-state index in [0.29, 0.717) is 0 Å². The maximum absolute atomic E-state index is 12.9. The van der Waals surface area contributed by atoms with E-state index in [9.17, 15) is 65.1 Å². The number of methoxy groups -OCH3 is 1. The topological polar surface area (TPSA) is 389 Å². The first-order valence-corrected chi connectivity index (χ1v) is 18.0. The zero-order chi connectivity index (χ0) is 42.5. The van der Waals surface area contributed by atoms with E-state index in [-0.39, 0.29) is 42.6 Å². The monoisotopic (exact) mass is 852 g/mol. The van der Waals surface area contributed by atoms with E-state index >= 15 is 0 Å². The average Bonchev–Trinajstić information content (AvgIpc) is 3.16. The van der Waals surface area contributed by atoms with Crippen molar-refractivity contribution >= 4 is 23.7 Å². The van der Waals surface area contributed by atoms with E-state index in [0.717, 1.165) is 21.0 Å². The molecule has 4 fully saturated rings. The molecular formula is C32H53N4NaO21. The number of carboxylic acid groups (broad SMARTS) is 1. The van der Waals surface area contributed by atoms with E-state index in [1.54, 1.807) is 0 Å². The molecule has 4 saturated heterocycles. The number of carbonyl (C=O) groups is 4. The van der Waals surface area contributed by atoms with Gasteiger partial charge in [-0.15, -0.1) is 0 Å². The molecule has 4 aliphatic heterocycles. The summed E-state index contributed by atoms with van der Waals surface area (Å²) in [6.07, 6.45) is -32.5. The number of rotatable bonds is 15. The van der Waals surface area contributed by atoms with Gasteiger partial charge in [0, 0.05) is 34.0 Å². The van der Waals surface area contributed by atoms with Crippen molar-refractivity contribution < 1.29 is 133 Å². The molecule has 4 rings (SSSR count). The number of hydrogen-bond donors (Lipinski definition) is 12. The molecule has 26 heteroatoms. The first-order chi connectivity index (χ1) is 26.9. The Morgan fingerprint density at radius 1 is 0.655 bits per heavy atom. The van der Waals surface area contributed by atoms with Crippen molar-refractivity contribution in [1.82, 2.24) is 16.0 Å². The predicted octanol–water partition coefficient (Wildman–Crippen LogP) is -12.9. The van der Waals surface area contributed by atoms with Gasteiger partial charge >= 0.3 is 29.6 Å². The first-order valence-electron chi connectivity index (χ1n) is 18.0. The Bertz CT molecular complexity index is 1380. The van der Waals surface area contributed by atoms with Crippen molar-refractivity contribution in [1.29, 1.82) is 0 Å². The molecule has 20 atom stereocenters. The van der Waals surface area contributed by atoms with Crippen LogP contribution in [0.4, 0.5) is 0 Å². The van der Waals surface area contributed by atoms with Crippen LogP contribution in [0.5, 0.6) is 0 Å². The number of aliphatic hydroxyl groups excluding tert-OH is 8. The molecule has 25 nitrogen and oxygen atoms in total. The quantitative estimate of drug-likeness (QED) is 0.0681. The van der Waals surface area contributed by atoms with Crippen LogP contribution in [0, 0.1) is 0 Å². The summed E-state index contributed by atoms with van der Waals surface area (Å²) in [5.41, 5.74) is 5.45. The maximum Gasteiger partial charge on any atom is 1.00 e. The largest absolute Gasteiger partial charge is 1.00 e. The third-order valence-electron chi connectivity index (χ3n) is 9.91. The van der Waals surface area contributed by atoms with Crippen LogP contribution in [0.25, 0.3) is 0 Å². The molecule has 0 saturated carbocycles. The number of ether oxygens (including phenoxy) is 8. The van der Waals surface area contributed by atoms with Gasteiger partial charge in [0.2, 0.25) is 11.8 Å². The third kappa shape index (κ3) is 11.4. The fourth-order valence-electron chi connectivity index (χ4n) is 7.09. The number of nitrogens with two attached hydrogens (primary N) is 1. The second-order valence-corrected chi connectivity index (χ2v) is 13.9. The van der Waals surface area contributed by atoms with Gasteiger partial charge in [-0.2, -0.15) is 0 Å². The van der Waals surface area contributed by atoms with Crippen molar-refractivity contribution in [3.05, 3.63) is 0 Å². The second kappa shape index (κ2) is 22.3. The van der Waals surface area contributed by atoms with Crippen molar-refractivity contribution in [2.45, 2.75) is 143 Å². The van der Waals surface area contributed by atoms with Crippen LogP contribution in [-0.4, -0.2) is 220 Å². The molecule has 4 heterocycles. The van der Waals surface area contributed by atoms with Gasteiger partial charge in [0.25, 0.3) is 5.91 Å². The van der Waals surface area contributed by atoms with Gasteiger partial charge < -0.3 is 110 Å². The van der Waals surface area contributed by atoms with Crippen LogP contribution >= 0.6 is 0 Å². The van der Waals surface area contributed by atoms with Gasteiger partial charge in [0.15, 0.2) is 25.0 Å². The minimum atomic E-state index is -2.33. The molecule has 0 aliphatic carbocycles. The molecule has 0 aromatic heterocycles. The molecule has 0 bridgehead atoms. The molecule has 0 radical (unpaired) electrons. The van der Waals surface area contributed by atoms with Gasteiger partial charge in [-0.3, -0.25) is 14.4 Å². The van der Waals surface area contributed by atoms with Crippen LogP contribution in [-0.2, 0) is 57.1 Å². The molecule has 4 aliphatic rings. The van der Waals surface area contributed by atoms with E-state index in [2.05, 4.69) is 16.0 Å². The Labute approximate surface area is 353 Å². The van der Waals surface area contributed by atoms with E-state index in [4.69, 9.17) is 43.6 Å². The number of amides is 3. The van der Waals surface area contributed by atoms with Crippen molar-refractivity contribution in [2.24, 2.45) is 5.73 Å². The van der Waals surface area contributed by atoms with Crippen molar-refractivity contribution in [3.8, 4) is 0 Å². The molecule has 58 heavy (non-hydrogen) atoms.